The lowest BCUT2D eigenvalue weighted by atomic mass is 10.0. The summed E-state index contributed by atoms with van der Waals surface area (Å²) in [6.45, 7) is 6.71. The highest BCUT2D eigenvalue weighted by Gasteiger charge is 2.05. The zero-order valence-electron chi connectivity index (χ0n) is 12.5. The van der Waals surface area contributed by atoms with E-state index >= 15 is 0 Å². The van der Waals surface area contributed by atoms with E-state index < -0.39 is 0 Å². The maximum atomic E-state index is 4.42. The Morgan fingerprint density at radius 3 is 2.20 bits per heavy atom. The van der Waals surface area contributed by atoms with E-state index in [0.29, 0.717) is 6.04 Å². The number of benzene rings is 1. The van der Waals surface area contributed by atoms with Crippen LogP contribution in [0.15, 0.2) is 42.7 Å². The van der Waals surface area contributed by atoms with Gasteiger partial charge in [-0.2, -0.15) is 0 Å². The second-order valence-electron chi connectivity index (χ2n) is 5.68. The monoisotopic (exact) mass is 269 g/mol. The molecule has 0 amide bonds. The van der Waals surface area contributed by atoms with E-state index in [9.17, 15) is 0 Å². The number of rotatable bonds is 6. The molecule has 0 aliphatic heterocycles. The van der Waals surface area contributed by atoms with Gasteiger partial charge in [0, 0.05) is 11.6 Å². The van der Waals surface area contributed by atoms with Gasteiger partial charge in [0.25, 0.3) is 0 Å². The van der Waals surface area contributed by atoms with E-state index in [-0.39, 0.29) is 0 Å². The summed E-state index contributed by atoms with van der Waals surface area (Å²) in [5.74, 6) is 1.52. The Labute approximate surface area is 121 Å². The van der Waals surface area contributed by atoms with E-state index in [4.69, 9.17) is 0 Å². The van der Waals surface area contributed by atoms with E-state index in [1.54, 1.807) is 0 Å². The quantitative estimate of drug-likeness (QED) is 0.845. The Bertz CT molecular complexity index is 506. The van der Waals surface area contributed by atoms with Crippen LogP contribution in [0.5, 0.6) is 0 Å². The van der Waals surface area contributed by atoms with Gasteiger partial charge in [-0.3, -0.25) is 0 Å². The topological polar surface area (TPSA) is 37.8 Å². The SMILES string of the molecule is CC(C)CCC(C)Nc1cnc(-c2ccccc2)nc1. The fourth-order valence-electron chi connectivity index (χ4n) is 2.08. The van der Waals surface area contributed by atoms with Crippen molar-refractivity contribution >= 4 is 5.69 Å². The highest BCUT2D eigenvalue weighted by Crippen LogP contribution is 2.16. The van der Waals surface area contributed by atoms with Crippen molar-refractivity contribution in [1.29, 1.82) is 0 Å². The van der Waals surface area contributed by atoms with Crippen LogP contribution >= 0.6 is 0 Å². The van der Waals surface area contributed by atoms with Crippen molar-refractivity contribution in [2.75, 3.05) is 5.32 Å². The number of nitrogens with one attached hydrogen (secondary N) is 1. The molecule has 2 rings (SSSR count). The van der Waals surface area contributed by atoms with Crippen LogP contribution in [-0.4, -0.2) is 16.0 Å². The largest absolute Gasteiger partial charge is 0.380 e. The highest BCUT2D eigenvalue weighted by atomic mass is 15.0. The molecular formula is C17H23N3. The van der Waals surface area contributed by atoms with Gasteiger partial charge in [-0.25, -0.2) is 9.97 Å². The molecule has 0 saturated carbocycles. The van der Waals surface area contributed by atoms with E-state index in [1.807, 2.05) is 42.7 Å². The third-order valence-corrected chi connectivity index (χ3v) is 3.27. The molecule has 3 nitrogen and oxygen atoms in total. The molecule has 0 fully saturated rings. The molecule has 0 radical (unpaired) electrons. The molecule has 0 spiro atoms. The second kappa shape index (κ2) is 7.04. The third kappa shape index (κ3) is 4.34. The zero-order valence-corrected chi connectivity index (χ0v) is 12.5. The van der Waals surface area contributed by atoms with Gasteiger partial charge in [-0.05, 0) is 25.7 Å². The van der Waals surface area contributed by atoms with Crippen LogP contribution in [0, 0.1) is 5.92 Å². The molecule has 2 aromatic rings. The van der Waals surface area contributed by atoms with Crippen molar-refractivity contribution in [2.45, 2.75) is 39.7 Å². The number of anilines is 1. The summed E-state index contributed by atoms with van der Waals surface area (Å²) >= 11 is 0. The number of nitrogens with zero attached hydrogens (tertiary/aromatic N) is 2. The van der Waals surface area contributed by atoms with E-state index in [2.05, 4.69) is 36.1 Å². The summed E-state index contributed by atoms with van der Waals surface area (Å²) in [5.41, 5.74) is 2.04. The van der Waals surface area contributed by atoms with Crippen molar-refractivity contribution in [2.24, 2.45) is 5.92 Å². The fraction of sp³-hybridized carbons (Fsp3) is 0.412. The number of aromatic nitrogens is 2. The summed E-state index contributed by atoms with van der Waals surface area (Å²) in [6, 6.07) is 10.5. The lowest BCUT2D eigenvalue weighted by molar-refractivity contribution is 0.527. The van der Waals surface area contributed by atoms with Crippen molar-refractivity contribution in [3.8, 4) is 11.4 Å². The first-order valence-electron chi connectivity index (χ1n) is 7.29. The lowest BCUT2D eigenvalue weighted by Gasteiger charge is -2.15. The molecule has 1 atom stereocenters. The van der Waals surface area contributed by atoms with Crippen LogP contribution in [-0.2, 0) is 0 Å². The van der Waals surface area contributed by atoms with E-state index in [1.165, 1.54) is 6.42 Å². The zero-order chi connectivity index (χ0) is 14.4. The van der Waals surface area contributed by atoms with Gasteiger partial charge < -0.3 is 5.32 Å². The van der Waals surface area contributed by atoms with Gasteiger partial charge in [0.1, 0.15) is 0 Å². The molecule has 0 saturated heterocycles. The molecule has 1 N–H and O–H groups in total. The molecule has 0 bridgehead atoms. The maximum Gasteiger partial charge on any atom is 0.159 e. The van der Waals surface area contributed by atoms with Crippen LogP contribution in [0.3, 0.4) is 0 Å². The van der Waals surface area contributed by atoms with Gasteiger partial charge in [-0.1, -0.05) is 44.2 Å². The van der Waals surface area contributed by atoms with E-state index in [0.717, 1.165) is 29.4 Å². The van der Waals surface area contributed by atoms with Gasteiger partial charge in [-0.15, -0.1) is 0 Å². The standard InChI is InChI=1S/C17H23N3/c1-13(2)9-10-14(3)20-16-11-18-17(19-12-16)15-7-5-4-6-8-15/h4-8,11-14,20H,9-10H2,1-3H3. The van der Waals surface area contributed by atoms with Crippen LogP contribution < -0.4 is 5.32 Å². The van der Waals surface area contributed by atoms with Crippen LogP contribution in [0.2, 0.25) is 0 Å². The molecule has 0 aliphatic carbocycles. The summed E-state index contributed by atoms with van der Waals surface area (Å²) in [6.07, 6.45) is 6.12. The third-order valence-electron chi connectivity index (χ3n) is 3.27. The van der Waals surface area contributed by atoms with Crippen LogP contribution in [0.25, 0.3) is 11.4 Å². The van der Waals surface area contributed by atoms with Crippen molar-refractivity contribution < 1.29 is 0 Å². The molecule has 1 aromatic carbocycles. The minimum absolute atomic E-state index is 0.448. The smallest absolute Gasteiger partial charge is 0.159 e. The molecule has 20 heavy (non-hydrogen) atoms. The Hall–Kier alpha value is -1.90. The molecular weight excluding hydrogens is 246 g/mol. The number of hydrogen-bond donors (Lipinski definition) is 1. The van der Waals surface area contributed by atoms with Crippen molar-refractivity contribution in [1.82, 2.24) is 9.97 Å². The first-order chi connectivity index (χ1) is 9.65. The normalized spacial score (nSPS) is 12.4. The molecule has 1 heterocycles. The summed E-state index contributed by atoms with van der Waals surface area (Å²) in [5, 5.41) is 3.45. The molecule has 0 aliphatic rings. The lowest BCUT2D eigenvalue weighted by Crippen LogP contribution is -2.16. The maximum absolute atomic E-state index is 4.42. The minimum atomic E-state index is 0.448. The first kappa shape index (κ1) is 14.5. The first-order valence-corrected chi connectivity index (χ1v) is 7.29. The Morgan fingerprint density at radius 1 is 0.950 bits per heavy atom. The summed E-state index contributed by atoms with van der Waals surface area (Å²) in [7, 11) is 0. The Balaban J connectivity index is 1.95. The Kier molecular flexibility index (Phi) is 5.10. The minimum Gasteiger partial charge on any atom is -0.380 e. The van der Waals surface area contributed by atoms with Crippen molar-refractivity contribution in [3.63, 3.8) is 0 Å². The molecule has 1 aromatic heterocycles. The second-order valence-corrected chi connectivity index (χ2v) is 5.68. The van der Waals surface area contributed by atoms with Crippen molar-refractivity contribution in [3.05, 3.63) is 42.7 Å². The van der Waals surface area contributed by atoms with Gasteiger partial charge in [0.05, 0.1) is 18.1 Å². The number of hydrogen-bond acceptors (Lipinski definition) is 3. The summed E-state index contributed by atoms with van der Waals surface area (Å²) < 4.78 is 0. The summed E-state index contributed by atoms with van der Waals surface area (Å²) in [4.78, 5) is 8.85. The molecule has 106 valence electrons. The van der Waals surface area contributed by atoms with Crippen LogP contribution in [0.1, 0.15) is 33.6 Å². The predicted octanol–water partition coefficient (Wildman–Crippen LogP) is 4.38. The Morgan fingerprint density at radius 2 is 1.60 bits per heavy atom. The fourth-order valence-corrected chi connectivity index (χ4v) is 2.08. The van der Waals surface area contributed by atoms with Gasteiger partial charge in [0.15, 0.2) is 5.82 Å². The average Bonchev–Trinajstić information content (AvgIpc) is 2.47. The average molecular weight is 269 g/mol. The molecule has 1 unspecified atom stereocenters. The molecule has 3 heteroatoms. The van der Waals surface area contributed by atoms with Gasteiger partial charge >= 0.3 is 0 Å². The van der Waals surface area contributed by atoms with Crippen LogP contribution in [0.4, 0.5) is 5.69 Å². The predicted molar refractivity (Wildman–Crippen MR) is 84.6 cm³/mol. The van der Waals surface area contributed by atoms with Gasteiger partial charge in [0.2, 0.25) is 0 Å². The highest BCUT2D eigenvalue weighted by molar-refractivity contribution is 5.55.